The van der Waals surface area contributed by atoms with Crippen molar-refractivity contribution in [2.75, 3.05) is 37.4 Å². The Morgan fingerprint density at radius 2 is 1.73 bits per heavy atom. The number of hydrogen-bond acceptors (Lipinski definition) is 7. The third kappa shape index (κ3) is 6.52. The molecule has 4 rings (SSSR count). The second-order valence-electron chi connectivity index (χ2n) is 10.9. The highest BCUT2D eigenvalue weighted by Crippen LogP contribution is 2.31. The van der Waals surface area contributed by atoms with Gasteiger partial charge >= 0.3 is 0 Å². The first-order chi connectivity index (χ1) is 17.5. The number of nitrogens with zero attached hydrogens (tertiary/aromatic N) is 5. The Morgan fingerprint density at radius 1 is 1.05 bits per heavy atom. The summed E-state index contributed by atoms with van der Waals surface area (Å²) in [4.78, 5) is 34.9. The third-order valence-electron chi connectivity index (χ3n) is 6.64. The monoisotopic (exact) mass is 520 g/mol. The number of amides is 2. The largest absolute Gasteiger partial charge is 0.378 e. The molecule has 0 bridgehead atoms. The minimum absolute atomic E-state index is 0.114. The van der Waals surface area contributed by atoms with Crippen LogP contribution in [-0.4, -0.2) is 59.1 Å². The zero-order valence-electron chi connectivity index (χ0n) is 22.5. The van der Waals surface area contributed by atoms with Crippen molar-refractivity contribution in [2.24, 2.45) is 0 Å². The number of piperidine rings is 1. The molecule has 0 aliphatic carbocycles. The van der Waals surface area contributed by atoms with Crippen molar-refractivity contribution in [3.05, 3.63) is 63.9 Å². The summed E-state index contributed by atoms with van der Waals surface area (Å²) in [6.45, 7) is 9.45. The quantitative estimate of drug-likeness (QED) is 0.502. The number of rotatable bonds is 6. The summed E-state index contributed by atoms with van der Waals surface area (Å²) in [5.41, 5.74) is 4.23. The highest BCUT2D eigenvalue weighted by molar-refractivity contribution is 7.15. The lowest BCUT2D eigenvalue weighted by Crippen LogP contribution is -2.39. The summed E-state index contributed by atoms with van der Waals surface area (Å²) in [5.74, 6) is 0.0274. The minimum atomic E-state index is -0.223. The van der Waals surface area contributed by atoms with Gasteiger partial charge in [-0.25, -0.2) is 0 Å². The first-order valence-electron chi connectivity index (χ1n) is 12.7. The van der Waals surface area contributed by atoms with Gasteiger partial charge in [-0.1, -0.05) is 44.2 Å². The molecule has 0 radical (unpaired) electrons. The molecule has 37 heavy (non-hydrogen) atoms. The summed E-state index contributed by atoms with van der Waals surface area (Å²) in [6, 6.07) is 11.8. The van der Waals surface area contributed by atoms with Gasteiger partial charge in [-0.3, -0.25) is 19.9 Å². The molecule has 0 unspecified atom stereocenters. The van der Waals surface area contributed by atoms with Gasteiger partial charge in [-0.15, -0.1) is 10.2 Å². The van der Waals surface area contributed by atoms with Crippen LogP contribution < -0.4 is 10.2 Å². The molecule has 8 nitrogen and oxygen atoms in total. The Hall–Kier alpha value is -3.33. The summed E-state index contributed by atoms with van der Waals surface area (Å²) in [6.07, 6.45) is 1.94. The number of carbonyl (C=O) groups is 2. The van der Waals surface area contributed by atoms with E-state index >= 15 is 0 Å². The number of aryl methyl sites for hydroxylation is 1. The standard InChI is InChI=1S/C28H36N6O2S/c1-18-7-12-22(25(36)30-27-32-31-26(37-27)28(2,3)4)24(29-18)20-13-15-34(16-14-20)23(35)17-19-8-10-21(11-9-19)33(5)6/h7-12,20H,13-17H2,1-6H3,(H,30,32,36). The Balaban J connectivity index is 1.40. The van der Waals surface area contributed by atoms with E-state index in [1.54, 1.807) is 0 Å². The van der Waals surface area contributed by atoms with Crippen molar-refractivity contribution in [3.63, 3.8) is 0 Å². The average molecular weight is 521 g/mol. The molecular weight excluding hydrogens is 484 g/mol. The van der Waals surface area contributed by atoms with E-state index in [9.17, 15) is 9.59 Å². The number of benzene rings is 1. The van der Waals surface area contributed by atoms with Gasteiger partial charge < -0.3 is 9.80 Å². The molecule has 0 atom stereocenters. The Bertz CT molecular complexity index is 1250. The topological polar surface area (TPSA) is 91.3 Å². The highest BCUT2D eigenvalue weighted by atomic mass is 32.1. The predicted molar refractivity (Wildman–Crippen MR) is 149 cm³/mol. The van der Waals surface area contributed by atoms with E-state index in [-0.39, 0.29) is 23.1 Å². The van der Waals surface area contributed by atoms with Gasteiger partial charge in [0.1, 0.15) is 5.01 Å². The molecule has 2 aromatic heterocycles. The van der Waals surface area contributed by atoms with E-state index in [2.05, 4.69) is 36.3 Å². The molecule has 1 N–H and O–H groups in total. The summed E-state index contributed by atoms with van der Waals surface area (Å²) in [5, 5.41) is 12.7. The zero-order valence-corrected chi connectivity index (χ0v) is 23.4. The molecule has 1 saturated heterocycles. The second-order valence-corrected chi connectivity index (χ2v) is 11.9. The van der Waals surface area contributed by atoms with Crippen molar-refractivity contribution in [1.29, 1.82) is 0 Å². The van der Waals surface area contributed by atoms with Crippen LogP contribution in [0, 0.1) is 6.92 Å². The highest BCUT2D eigenvalue weighted by Gasteiger charge is 2.28. The van der Waals surface area contributed by atoms with Gasteiger partial charge in [0, 0.05) is 49.9 Å². The van der Waals surface area contributed by atoms with Gasteiger partial charge in [0.05, 0.1) is 17.7 Å². The van der Waals surface area contributed by atoms with Crippen molar-refractivity contribution < 1.29 is 9.59 Å². The normalized spacial score (nSPS) is 14.5. The lowest BCUT2D eigenvalue weighted by atomic mass is 9.89. The minimum Gasteiger partial charge on any atom is -0.378 e. The van der Waals surface area contributed by atoms with E-state index in [4.69, 9.17) is 4.98 Å². The van der Waals surface area contributed by atoms with Gasteiger partial charge in [-0.05, 0) is 49.6 Å². The zero-order chi connectivity index (χ0) is 26.7. The number of pyridine rings is 1. The number of hydrogen-bond donors (Lipinski definition) is 1. The number of anilines is 2. The van der Waals surface area contributed by atoms with E-state index in [0.717, 1.165) is 40.5 Å². The first-order valence-corrected chi connectivity index (χ1v) is 13.5. The lowest BCUT2D eigenvalue weighted by molar-refractivity contribution is -0.131. The van der Waals surface area contributed by atoms with Gasteiger partial charge in [-0.2, -0.15) is 0 Å². The van der Waals surface area contributed by atoms with Crippen LogP contribution in [0.3, 0.4) is 0 Å². The molecule has 1 aliphatic heterocycles. The van der Waals surface area contributed by atoms with Crippen molar-refractivity contribution in [3.8, 4) is 0 Å². The van der Waals surface area contributed by atoms with E-state index in [1.165, 1.54) is 11.3 Å². The second kappa shape index (κ2) is 11.0. The van der Waals surface area contributed by atoms with Gasteiger partial charge in [0.2, 0.25) is 11.0 Å². The summed E-state index contributed by atoms with van der Waals surface area (Å²) < 4.78 is 0. The molecule has 0 spiro atoms. The van der Waals surface area contributed by atoms with Crippen LogP contribution in [-0.2, 0) is 16.6 Å². The maximum Gasteiger partial charge on any atom is 0.259 e. The Morgan fingerprint density at radius 3 is 2.32 bits per heavy atom. The van der Waals surface area contributed by atoms with Crippen LogP contribution in [0.2, 0.25) is 0 Å². The number of aromatic nitrogens is 3. The predicted octanol–water partition coefficient (Wildman–Crippen LogP) is 4.81. The maximum atomic E-state index is 13.2. The van der Waals surface area contributed by atoms with Crippen molar-refractivity contribution >= 4 is 34.0 Å². The third-order valence-corrected chi connectivity index (χ3v) is 7.90. The molecule has 1 aromatic carbocycles. The van der Waals surface area contributed by atoms with Gasteiger partial charge in [0.15, 0.2) is 0 Å². The molecule has 196 valence electrons. The maximum absolute atomic E-state index is 13.2. The smallest absolute Gasteiger partial charge is 0.259 e. The van der Waals surface area contributed by atoms with Crippen LogP contribution in [0.4, 0.5) is 10.8 Å². The molecule has 3 heterocycles. The molecule has 0 saturated carbocycles. The van der Waals surface area contributed by atoms with E-state index in [0.29, 0.717) is 30.2 Å². The Kier molecular flexibility index (Phi) is 7.92. The molecule has 2 amide bonds. The van der Waals surface area contributed by atoms with Crippen LogP contribution in [0.25, 0.3) is 0 Å². The Labute approximate surface area is 223 Å². The van der Waals surface area contributed by atoms with Crippen LogP contribution in [0.1, 0.15) is 71.8 Å². The van der Waals surface area contributed by atoms with Crippen LogP contribution >= 0.6 is 11.3 Å². The number of likely N-dealkylation sites (tertiary alicyclic amines) is 1. The summed E-state index contributed by atoms with van der Waals surface area (Å²) in [7, 11) is 4.00. The fourth-order valence-electron chi connectivity index (χ4n) is 4.42. The number of carbonyl (C=O) groups excluding carboxylic acids is 2. The molecular formula is C28H36N6O2S. The van der Waals surface area contributed by atoms with Crippen molar-refractivity contribution in [2.45, 2.75) is 58.3 Å². The van der Waals surface area contributed by atoms with E-state index in [1.807, 2.05) is 67.2 Å². The fraction of sp³-hybridized carbons (Fsp3) is 0.464. The molecule has 1 aliphatic rings. The molecule has 3 aromatic rings. The van der Waals surface area contributed by atoms with E-state index < -0.39 is 0 Å². The first kappa shape index (κ1) is 26.7. The van der Waals surface area contributed by atoms with Crippen LogP contribution in [0.5, 0.6) is 0 Å². The average Bonchev–Trinajstić information content (AvgIpc) is 3.33. The molecule has 9 heteroatoms. The lowest BCUT2D eigenvalue weighted by Gasteiger charge is -2.32. The van der Waals surface area contributed by atoms with Crippen molar-refractivity contribution in [1.82, 2.24) is 20.1 Å². The number of nitrogens with one attached hydrogen (secondary N) is 1. The fourth-order valence-corrected chi connectivity index (χ4v) is 5.22. The van der Waals surface area contributed by atoms with Gasteiger partial charge in [0.25, 0.3) is 5.91 Å². The SMILES string of the molecule is Cc1ccc(C(=O)Nc2nnc(C(C)(C)C)s2)c(C2CCN(C(=O)Cc3ccc(N(C)C)cc3)CC2)n1. The summed E-state index contributed by atoms with van der Waals surface area (Å²) >= 11 is 1.39. The van der Waals surface area contributed by atoms with Crippen LogP contribution in [0.15, 0.2) is 36.4 Å². The molecule has 1 fully saturated rings.